The first-order chi connectivity index (χ1) is 14.8. The summed E-state index contributed by atoms with van der Waals surface area (Å²) in [7, 11) is 4.69. The maximum Gasteiger partial charge on any atom is 0.257 e. The number of rotatable bonds is 6. The lowest BCUT2D eigenvalue weighted by atomic mass is 9.87. The zero-order valence-corrected chi connectivity index (χ0v) is 18.8. The van der Waals surface area contributed by atoms with Gasteiger partial charge in [0.1, 0.15) is 0 Å². The van der Waals surface area contributed by atoms with Crippen LogP contribution in [0, 0.1) is 0 Å². The first kappa shape index (κ1) is 22.2. The third-order valence-electron chi connectivity index (χ3n) is 4.97. The van der Waals surface area contributed by atoms with Gasteiger partial charge in [0.2, 0.25) is 5.75 Å². The molecular formula is C25H28N2O4. The molecule has 0 saturated carbocycles. The Balaban J connectivity index is 1.83. The number of anilines is 1. The molecule has 0 spiro atoms. The molecule has 6 heteroatoms. The van der Waals surface area contributed by atoms with Gasteiger partial charge in [0, 0.05) is 17.4 Å². The highest BCUT2D eigenvalue weighted by atomic mass is 16.5. The monoisotopic (exact) mass is 420 g/mol. The minimum absolute atomic E-state index is 0.00438. The molecule has 2 aromatic carbocycles. The molecule has 1 aromatic heterocycles. The second kappa shape index (κ2) is 9.08. The molecule has 6 nitrogen and oxygen atoms in total. The highest BCUT2D eigenvalue weighted by molar-refractivity contribution is 6.04. The van der Waals surface area contributed by atoms with E-state index in [1.165, 1.54) is 0 Å². The van der Waals surface area contributed by atoms with Gasteiger partial charge in [0.15, 0.2) is 11.5 Å². The van der Waals surface area contributed by atoms with Crippen LogP contribution < -0.4 is 19.5 Å². The van der Waals surface area contributed by atoms with Gasteiger partial charge in [-0.25, -0.2) is 0 Å². The molecule has 1 heterocycles. The summed E-state index contributed by atoms with van der Waals surface area (Å²) in [6, 6.07) is 15.1. The number of aromatic nitrogens is 1. The van der Waals surface area contributed by atoms with Crippen molar-refractivity contribution >= 4 is 11.6 Å². The summed E-state index contributed by atoms with van der Waals surface area (Å²) in [5.41, 5.74) is 3.86. The summed E-state index contributed by atoms with van der Waals surface area (Å²) in [4.78, 5) is 17.2. The van der Waals surface area contributed by atoms with E-state index in [1.54, 1.807) is 39.7 Å². The quantitative estimate of drug-likeness (QED) is 0.584. The van der Waals surface area contributed by atoms with Gasteiger partial charge in [-0.05, 0) is 47.4 Å². The molecule has 0 aliphatic heterocycles. The van der Waals surface area contributed by atoms with Crippen molar-refractivity contribution < 1.29 is 19.0 Å². The molecule has 0 unspecified atom stereocenters. The van der Waals surface area contributed by atoms with Crippen molar-refractivity contribution in [3.63, 3.8) is 0 Å². The van der Waals surface area contributed by atoms with Crippen molar-refractivity contribution in [3.8, 4) is 28.5 Å². The standard InChI is InChI=1S/C25H28N2O4/c1-25(2,3)18-8-7-9-19(14-18)27-24(28)16-10-11-20(26-15-16)17-12-21(29-4)23(31-6)22(13-17)30-5/h7-15H,1-6H3,(H,27,28). The Labute approximate surface area is 183 Å². The van der Waals surface area contributed by atoms with E-state index in [0.717, 1.165) is 16.8 Å². The Kier molecular flexibility index (Phi) is 6.49. The minimum atomic E-state index is -0.213. The summed E-state index contributed by atoms with van der Waals surface area (Å²) in [6.07, 6.45) is 1.56. The van der Waals surface area contributed by atoms with Crippen LogP contribution in [0.2, 0.25) is 0 Å². The number of nitrogens with zero attached hydrogens (tertiary/aromatic N) is 1. The predicted octanol–water partition coefficient (Wildman–Crippen LogP) is 5.32. The number of carbonyl (C=O) groups is 1. The molecule has 1 N–H and O–H groups in total. The highest BCUT2D eigenvalue weighted by Gasteiger charge is 2.16. The minimum Gasteiger partial charge on any atom is -0.493 e. The molecule has 1 amide bonds. The lowest BCUT2D eigenvalue weighted by Crippen LogP contribution is -2.14. The lowest BCUT2D eigenvalue weighted by molar-refractivity contribution is 0.102. The molecule has 0 aliphatic rings. The normalized spacial score (nSPS) is 11.0. The molecule has 3 rings (SSSR count). The van der Waals surface area contributed by atoms with Gasteiger partial charge >= 0.3 is 0 Å². The van der Waals surface area contributed by atoms with Crippen LogP contribution in [0.15, 0.2) is 54.7 Å². The Bertz CT molecular complexity index is 1040. The van der Waals surface area contributed by atoms with Crippen molar-refractivity contribution in [3.05, 3.63) is 65.9 Å². The van der Waals surface area contributed by atoms with Crippen LogP contribution >= 0.6 is 0 Å². The number of pyridine rings is 1. The van der Waals surface area contributed by atoms with Gasteiger partial charge in [0.05, 0.1) is 32.6 Å². The second-order valence-electron chi connectivity index (χ2n) is 8.13. The maximum atomic E-state index is 12.7. The Hall–Kier alpha value is -3.54. The van der Waals surface area contributed by atoms with Crippen LogP contribution in [0.5, 0.6) is 17.2 Å². The molecule has 31 heavy (non-hydrogen) atoms. The molecule has 3 aromatic rings. The first-order valence-corrected chi connectivity index (χ1v) is 9.95. The number of carbonyl (C=O) groups excluding carboxylic acids is 1. The summed E-state index contributed by atoms with van der Waals surface area (Å²) in [5.74, 6) is 1.38. The fraction of sp³-hybridized carbons (Fsp3) is 0.280. The summed E-state index contributed by atoms with van der Waals surface area (Å²) in [5, 5.41) is 2.95. The van der Waals surface area contributed by atoms with Gasteiger partial charge in [-0.2, -0.15) is 0 Å². The topological polar surface area (TPSA) is 69.7 Å². The molecule has 0 aliphatic carbocycles. The third kappa shape index (κ3) is 4.97. The highest BCUT2D eigenvalue weighted by Crippen LogP contribution is 2.40. The first-order valence-electron chi connectivity index (χ1n) is 9.95. The number of hydrogen-bond donors (Lipinski definition) is 1. The largest absolute Gasteiger partial charge is 0.493 e. The molecule has 0 saturated heterocycles. The summed E-state index contributed by atoms with van der Waals surface area (Å²) >= 11 is 0. The van der Waals surface area contributed by atoms with Gasteiger partial charge in [-0.15, -0.1) is 0 Å². The molecule has 0 bridgehead atoms. The van der Waals surface area contributed by atoms with E-state index >= 15 is 0 Å². The van der Waals surface area contributed by atoms with Crippen molar-refractivity contribution in [2.45, 2.75) is 26.2 Å². The average molecular weight is 421 g/mol. The van der Waals surface area contributed by atoms with Crippen LogP contribution in [0.25, 0.3) is 11.3 Å². The van der Waals surface area contributed by atoms with Crippen molar-refractivity contribution in [2.24, 2.45) is 0 Å². The maximum absolute atomic E-state index is 12.7. The van der Waals surface area contributed by atoms with Crippen molar-refractivity contribution in [1.82, 2.24) is 4.98 Å². The van der Waals surface area contributed by atoms with Crippen LogP contribution in [0.1, 0.15) is 36.7 Å². The van der Waals surface area contributed by atoms with Crippen molar-refractivity contribution in [2.75, 3.05) is 26.6 Å². The molecular weight excluding hydrogens is 392 g/mol. The van der Waals surface area contributed by atoms with E-state index < -0.39 is 0 Å². The zero-order chi connectivity index (χ0) is 22.6. The zero-order valence-electron chi connectivity index (χ0n) is 18.8. The number of hydrogen-bond acceptors (Lipinski definition) is 5. The number of nitrogens with one attached hydrogen (secondary N) is 1. The van der Waals surface area contributed by atoms with Gasteiger partial charge in [-0.1, -0.05) is 32.9 Å². The number of methoxy groups -OCH3 is 3. The van der Waals surface area contributed by atoms with Gasteiger partial charge < -0.3 is 19.5 Å². The summed E-state index contributed by atoms with van der Waals surface area (Å²) in [6.45, 7) is 6.42. The van der Waals surface area contributed by atoms with E-state index in [4.69, 9.17) is 14.2 Å². The Morgan fingerprint density at radius 2 is 1.58 bits per heavy atom. The Morgan fingerprint density at radius 1 is 0.903 bits per heavy atom. The van der Waals surface area contributed by atoms with Crippen LogP contribution in [0.4, 0.5) is 5.69 Å². The van der Waals surface area contributed by atoms with Crippen LogP contribution in [-0.2, 0) is 5.41 Å². The van der Waals surface area contributed by atoms with Crippen molar-refractivity contribution in [1.29, 1.82) is 0 Å². The number of benzene rings is 2. The fourth-order valence-electron chi connectivity index (χ4n) is 3.19. The molecule has 162 valence electrons. The lowest BCUT2D eigenvalue weighted by Gasteiger charge is -2.19. The number of amides is 1. The van der Waals surface area contributed by atoms with E-state index in [9.17, 15) is 4.79 Å². The van der Waals surface area contributed by atoms with Gasteiger partial charge in [-0.3, -0.25) is 9.78 Å². The SMILES string of the molecule is COc1cc(-c2ccc(C(=O)Nc3cccc(C(C)(C)C)c3)cn2)cc(OC)c1OC. The fourth-order valence-corrected chi connectivity index (χ4v) is 3.19. The van der Waals surface area contributed by atoms with E-state index in [1.807, 2.05) is 30.3 Å². The van der Waals surface area contributed by atoms with Gasteiger partial charge in [0.25, 0.3) is 5.91 Å². The third-order valence-corrected chi connectivity index (χ3v) is 4.97. The predicted molar refractivity (Wildman–Crippen MR) is 122 cm³/mol. The summed E-state index contributed by atoms with van der Waals surface area (Å²) < 4.78 is 16.2. The van der Waals surface area contributed by atoms with E-state index in [-0.39, 0.29) is 11.3 Å². The van der Waals surface area contributed by atoms with Crippen LogP contribution in [0.3, 0.4) is 0 Å². The molecule has 0 atom stereocenters. The molecule has 0 fully saturated rings. The average Bonchev–Trinajstić information content (AvgIpc) is 2.77. The second-order valence-corrected chi connectivity index (χ2v) is 8.13. The molecule has 0 radical (unpaired) electrons. The van der Waals surface area contributed by atoms with E-state index in [0.29, 0.717) is 28.5 Å². The Morgan fingerprint density at radius 3 is 2.10 bits per heavy atom. The van der Waals surface area contributed by atoms with E-state index in [2.05, 4.69) is 37.1 Å². The number of ether oxygens (including phenoxy) is 3. The van der Waals surface area contributed by atoms with Crippen LogP contribution in [-0.4, -0.2) is 32.2 Å². The smallest absolute Gasteiger partial charge is 0.257 e.